The number of benzene rings is 1. The highest BCUT2D eigenvalue weighted by molar-refractivity contribution is 6.31. The lowest BCUT2D eigenvalue weighted by molar-refractivity contribution is -0.385. The Kier molecular flexibility index (Phi) is 7.38. The van der Waals surface area contributed by atoms with Crippen LogP contribution in [-0.4, -0.2) is 16.8 Å². The van der Waals surface area contributed by atoms with E-state index in [9.17, 15) is 24.8 Å². The van der Waals surface area contributed by atoms with Crippen molar-refractivity contribution in [2.45, 2.75) is 57.4 Å². The summed E-state index contributed by atoms with van der Waals surface area (Å²) >= 11 is 6.07. The van der Waals surface area contributed by atoms with Gasteiger partial charge in [-0.15, -0.1) is 0 Å². The predicted molar refractivity (Wildman–Crippen MR) is 94.4 cm³/mol. The van der Waals surface area contributed by atoms with Crippen molar-refractivity contribution in [3.8, 4) is 0 Å². The zero-order valence-electron chi connectivity index (χ0n) is 14.4. The highest BCUT2D eigenvalue weighted by atomic mass is 35.5. The van der Waals surface area contributed by atoms with E-state index in [1.807, 2.05) is 0 Å². The molecule has 0 radical (unpaired) electrons. The van der Waals surface area contributed by atoms with Gasteiger partial charge in [-0.05, 0) is 18.4 Å². The Bertz CT molecular complexity index is 674. The summed E-state index contributed by atoms with van der Waals surface area (Å²) in [5.41, 5.74) is -0.0136. The second kappa shape index (κ2) is 9.52. The van der Waals surface area contributed by atoms with Crippen molar-refractivity contribution in [1.29, 1.82) is 0 Å². The van der Waals surface area contributed by atoms with E-state index < -0.39 is 23.4 Å². The minimum absolute atomic E-state index is 0.162. The smallest absolute Gasteiger partial charge is 0.269 e. The van der Waals surface area contributed by atoms with Crippen molar-refractivity contribution in [2.24, 2.45) is 5.92 Å². The molecule has 1 atom stereocenters. The second-order valence-electron chi connectivity index (χ2n) is 6.70. The van der Waals surface area contributed by atoms with E-state index in [-0.39, 0.29) is 22.2 Å². The predicted octanol–water partition coefficient (Wildman–Crippen LogP) is 2.91. The van der Waals surface area contributed by atoms with E-state index in [0.717, 1.165) is 19.3 Å². The molecule has 7 nitrogen and oxygen atoms in total. The van der Waals surface area contributed by atoms with Gasteiger partial charge in [0.15, 0.2) is 0 Å². The largest absolute Gasteiger partial charge is 0.550 e. The van der Waals surface area contributed by atoms with Crippen LogP contribution in [0, 0.1) is 16.0 Å². The number of nitro groups is 1. The average Bonchev–Trinajstić information content (AvgIpc) is 2.60. The fraction of sp³-hybridized carbons (Fsp3) is 0.556. The number of nitrogens with one attached hydrogen (secondary N) is 1. The van der Waals surface area contributed by atoms with Gasteiger partial charge < -0.3 is 15.2 Å². The van der Waals surface area contributed by atoms with Gasteiger partial charge in [-0.1, -0.05) is 43.7 Å². The van der Waals surface area contributed by atoms with Crippen LogP contribution in [0.1, 0.15) is 63.0 Å². The van der Waals surface area contributed by atoms with Crippen molar-refractivity contribution in [3.63, 3.8) is 0 Å². The molecule has 142 valence electrons. The lowest BCUT2D eigenvalue weighted by Gasteiger charge is -2.23. The monoisotopic (exact) mass is 381 g/mol. The van der Waals surface area contributed by atoms with E-state index in [0.29, 0.717) is 12.3 Å². The van der Waals surface area contributed by atoms with Gasteiger partial charge >= 0.3 is 0 Å². The number of halogens is 1. The van der Waals surface area contributed by atoms with E-state index in [1.165, 1.54) is 37.5 Å². The normalized spacial score (nSPS) is 16.0. The van der Waals surface area contributed by atoms with Crippen LogP contribution in [-0.2, 0) is 9.59 Å². The van der Waals surface area contributed by atoms with Gasteiger partial charge in [-0.2, -0.15) is 0 Å². The van der Waals surface area contributed by atoms with Crippen LogP contribution in [0.25, 0.3) is 0 Å². The van der Waals surface area contributed by atoms with E-state index in [2.05, 4.69) is 5.32 Å². The lowest BCUT2D eigenvalue weighted by Crippen LogP contribution is -2.34. The molecule has 8 heteroatoms. The first-order valence-electron chi connectivity index (χ1n) is 8.80. The minimum atomic E-state index is -1.37. The van der Waals surface area contributed by atoms with Crippen LogP contribution < -0.4 is 10.4 Å². The number of carboxylic acid groups (broad SMARTS) is 1. The molecule has 26 heavy (non-hydrogen) atoms. The number of carboxylic acids is 1. The number of non-ortho nitro benzene ring substituents is 1. The Morgan fingerprint density at radius 2 is 1.96 bits per heavy atom. The third kappa shape index (κ3) is 5.98. The molecule has 1 amide bonds. The van der Waals surface area contributed by atoms with Gasteiger partial charge in [0.05, 0.1) is 11.0 Å². The molecule has 0 heterocycles. The topological polar surface area (TPSA) is 112 Å². The van der Waals surface area contributed by atoms with Crippen LogP contribution in [0.4, 0.5) is 5.69 Å². The number of amides is 1. The maximum Gasteiger partial charge on any atom is 0.269 e. The molecule has 0 aromatic heterocycles. The molecule has 1 fully saturated rings. The molecule has 1 saturated carbocycles. The van der Waals surface area contributed by atoms with Crippen LogP contribution in [0.2, 0.25) is 5.02 Å². The zero-order valence-corrected chi connectivity index (χ0v) is 15.2. The first-order valence-corrected chi connectivity index (χ1v) is 9.17. The Balaban J connectivity index is 2.06. The summed E-state index contributed by atoms with van der Waals surface area (Å²) in [6, 6.07) is 2.78. The molecule has 1 aliphatic rings. The summed E-state index contributed by atoms with van der Waals surface area (Å²) in [4.78, 5) is 33.7. The molecular formula is C18H22ClN2O5-. The SMILES string of the molecule is O=C([O-])C[C@H](NC(=O)CCC1CCCCC1)c1cc([N+](=O)[O-])ccc1Cl. The Hall–Kier alpha value is -2.15. The van der Waals surface area contributed by atoms with Crippen LogP contribution in [0.3, 0.4) is 0 Å². The highest BCUT2D eigenvalue weighted by Gasteiger charge is 2.22. The fourth-order valence-corrected chi connectivity index (χ4v) is 3.64. The van der Waals surface area contributed by atoms with Gasteiger partial charge in [0.25, 0.3) is 5.69 Å². The van der Waals surface area contributed by atoms with Crippen LogP contribution in [0.5, 0.6) is 0 Å². The summed E-state index contributed by atoms with van der Waals surface area (Å²) in [6.07, 6.45) is 6.38. The number of carbonyl (C=O) groups is 2. The summed E-state index contributed by atoms with van der Waals surface area (Å²) < 4.78 is 0. The number of nitrogens with zero attached hydrogens (tertiary/aromatic N) is 1. The van der Waals surface area contributed by atoms with Gasteiger partial charge in [-0.3, -0.25) is 14.9 Å². The van der Waals surface area contributed by atoms with E-state index in [4.69, 9.17) is 11.6 Å². The molecule has 1 aromatic carbocycles. The van der Waals surface area contributed by atoms with Gasteiger partial charge in [0.2, 0.25) is 5.91 Å². The Morgan fingerprint density at radius 3 is 2.58 bits per heavy atom. The van der Waals surface area contributed by atoms with Crippen LogP contribution in [0.15, 0.2) is 18.2 Å². The molecule has 1 aromatic rings. The van der Waals surface area contributed by atoms with Crippen molar-refractivity contribution in [1.82, 2.24) is 5.32 Å². The number of hydrogen-bond donors (Lipinski definition) is 1. The number of aliphatic carboxylic acids is 1. The molecule has 2 rings (SSSR count). The molecule has 0 aliphatic heterocycles. The summed E-state index contributed by atoms with van der Waals surface area (Å²) in [7, 11) is 0. The molecular weight excluding hydrogens is 360 g/mol. The Morgan fingerprint density at radius 1 is 1.27 bits per heavy atom. The number of rotatable bonds is 8. The van der Waals surface area contributed by atoms with Crippen molar-refractivity contribution < 1.29 is 19.6 Å². The van der Waals surface area contributed by atoms with Gasteiger partial charge in [0, 0.05) is 41.5 Å². The lowest BCUT2D eigenvalue weighted by atomic mass is 9.86. The molecule has 1 aliphatic carbocycles. The second-order valence-corrected chi connectivity index (χ2v) is 7.11. The number of nitro benzene ring substituents is 1. The Labute approximate surface area is 156 Å². The summed E-state index contributed by atoms with van der Waals surface area (Å²) in [5, 5.41) is 24.8. The zero-order chi connectivity index (χ0) is 19.1. The van der Waals surface area contributed by atoms with E-state index in [1.54, 1.807) is 0 Å². The van der Waals surface area contributed by atoms with Gasteiger partial charge in [0.1, 0.15) is 0 Å². The highest BCUT2D eigenvalue weighted by Crippen LogP contribution is 2.30. The maximum absolute atomic E-state index is 12.3. The van der Waals surface area contributed by atoms with Crippen molar-refractivity contribution >= 4 is 29.2 Å². The quantitative estimate of drug-likeness (QED) is 0.549. The third-order valence-electron chi connectivity index (χ3n) is 4.78. The van der Waals surface area contributed by atoms with Crippen molar-refractivity contribution in [2.75, 3.05) is 0 Å². The molecule has 0 bridgehead atoms. The molecule has 0 unspecified atom stereocenters. The number of carbonyl (C=O) groups excluding carboxylic acids is 2. The first-order chi connectivity index (χ1) is 12.4. The van der Waals surface area contributed by atoms with Gasteiger partial charge in [-0.25, -0.2) is 0 Å². The fourth-order valence-electron chi connectivity index (χ4n) is 3.39. The van der Waals surface area contributed by atoms with E-state index >= 15 is 0 Å². The molecule has 0 spiro atoms. The molecule has 0 saturated heterocycles. The average molecular weight is 382 g/mol. The third-order valence-corrected chi connectivity index (χ3v) is 5.12. The van der Waals surface area contributed by atoms with Crippen molar-refractivity contribution in [3.05, 3.63) is 38.9 Å². The standard InChI is InChI=1S/C18H23ClN2O5/c19-15-8-7-13(21(25)26)10-14(15)16(11-18(23)24)20-17(22)9-6-12-4-2-1-3-5-12/h7-8,10,12,16H,1-6,9,11H2,(H,20,22)(H,23,24)/p-1/t16-/m0/s1. The number of hydrogen-bond acceptors (Lipinski definition) is 5. The minimum Gasteiger partial charge on any atom is -0.550 e. The maximum atomic E-state index is 12.3. The summed E-state index contributed by atoms with van der Waals surface area (Å²) in [6.45, 7) is 0. The first kappa shape index (κ1) is 20.2. The molecule has 1 N–H and O–H groups in total. The van der Waals surface area contributed by atoms with Crippen LogP contribution >= 0.6 is 11.6 Å². The summed E-state index contributed by atoms with van der Waals surface area (Å²) in [5.74, 6) is -1.13.